The summed E-state index contributed by atoms with van der Waals surface area (Å²) in [4.78, 5) is 25.5. The van der Waals surface area contributed by atoms with Crippen molar-refractivity contribution in [1.82, 2.24) is 10.6 Å². The van der Waals surface area contributed by atoms with Crippen LogP contribution in [0.2, 0.25) is 0 Å². The Morgan fingerprint density at radius 3 is 2.54 bits per heavy atom. The molecule has 0 bridgehead atoms. The molecule has 7 rings (SSSR count). The summed E-state index contributed by atoms with van der Waals surface area (Å²) in [7, 11) is 0. The van der Waals surface area contributed by atoms with E-state index in [2.05, 4.69) is 111 Å². The van der Waals surface area contributed by atoms with Crippen LogP contribution in [0.25, 0.3) is 36.5 Å². The van der Waals surface area contributed by atoms with Crippen molar-refractivity contribution < 1.29 is 24.4 Å². The number of allylic oxidation sites excluding steroid dienone is 6. The smallest absolute Gasteiger partial charge is 0.404 e. The highest BCUT2D eigenvalue weighted by Crippen LogP contribution is 2.50. The van der Waals surface area contributed by atoms with Crippen molar-refractivity contribution in [2.24, 2.45) is 5.41 Å². The fraction of sp³-hybridized carbons (Fsp3) is 0.289. The van der Waals surface area contributed by atoms with Crippen molar-refractivity contribution in [3.05, 3.63) is 92.6 Å². The van der Waals surface area contributed by atoms with E-state index in [-0.39, 0.29) is 5.41 Å². The third kappa shape index (κ3) is 7.78. The fourth-order valence-corrected chi connectivity index (χ4v) is 10.7. The summed E-state index contributed by atoms with van der Waals surface area (Å²) >= 11 is 7.01. The predicted octanol–water partition coefficient (Wildman–Crippen LogP) is 8.74. The normalized spacial score (nSPS) is 17.4. The van der Waals surface area contributed by atoms with Crippen LogP contribution >= 0.6 is 45.8 Å². The Bertz CT molecular complexity index is 2220. The maximum absolute atomic E-state index is 11.0. The number of thiazole rings is 1. The zero-order chi connectivity index (χ0) is 34.8. The quantitative estimate of drug-likeness (QED) is 0.0923. The lowest BCUT2D eigenvalue weighted by Crippen LogP contribution is -2.37. The van der Waals surface area contributed by atoms with E-state index >= 15 is 0 Å². The molecule has 12 heteroatoms. The second kappa shape index (κ2) is 14.6. The highest BCUT2D eigenvalue weighted by atomic mass is 32.2. The number of fused-ring (bicyclic) bond motifs is 4. The minimum atomic E-state index is -1.24. The average Bonchev–Trinajstić information content (AvgIpc) is 3.84. The average molecular weight is 743 g/mol. The Morgan fingerprint density at radius 2 is 1.76 bits per heavy atom. The predicted molar refractivity (Wildman–Crippen MR) is 207 cm³/mol. The maximum Gasteiger partial charge on any atom is 0.404 e. The summed E-state index contributed by atoms with van der Waals surface area (Å²) in [6.07, 6.45) is 12.3. The van der Waals surface area contributed by atoms with Gasteiger partial charge in [-0.15, -0.1) is 22.7 Å². The van der Waals surface area contributed by atoms with Crippen LogP contribution in [0, 0.1) is 5.41 Å². The van der Waals surface area contributed by atoms with E-state index < -0.39 is 12.2 Å². The summed E-state index contributed by atoms with van der Waals surface area (Å²) < 4.78 is 6.02. The number of amides is 2. The van der Waals surface area contributed by atoms with Crippen LogP contribution in [0.3, 0.4) is 0 Å². The lowest BCUT2D eigenvalue weighted by atomic mass is 9.75. The number of hydrogen-bond acceptors (Lipinski definition) is 8. The van der Waals surface area contributed by atoms with Crippen LogP contribution in [-0.2, 0) is 6.54 Å². The van der Waals surface area contributed by atoms with E-state index in [0.717, 1.165) is 29.4 Å². The van der Waals surface area contributed by atoms with Crippen molar-refractivity contribution in [3.63, 3.8) is 0 Å². The van der Waals surface area contributed by atoms with Gasteiger partial charge in [-0.3, -0.25) is 0 Å². The van der Waals surface area contributed by atoms with Gasteiger partial charge >= 0.3 is 6.09 Å². The van der Waals surface area contributed by atoms with Gasteiger partial charge < -0.3 is 30.5 Å². The van der Waals surface area contributed by atoms with Crippen LogP contribution in [0.5, 0.6) is 0 Å². The number of carbonyl (C=O) groups is 2. The van der Waals surface area contributed by atoms with Gasteiger partial charge in [0.2, 0.25) is 5.52 Å². The summed E-state index contributed by atoms with van der Waals surface area (Å²) in [5, 5.41) is 33.9. The van der Waals surface area contributed by atoms with Gasteiger partial charge in [0.1, 0.15) is 10.8 Å². The van der Waals surface area contributed by atoms with Crippen molar-refractivity contribution in [1.29, 1.82) is 0 Å². The van der Waals surface area contributed by atoms with E-state index in [4.69, 9.17) is 5.11 Å². The number of carbonyl (C=O) groups excluding carboxylic acids is 1. The SMILES string of the molecule is CC1(C)CC(/C=C2\Sc3cc4ccsc4cc3N2CCCNC(=O)[O-])=CC(=C/C=C/c2sc3cc4ccsc4cc3[n+]2CCCNC(=O)O)/C1. The molecule has 2 aliphatic rings. The number of benzene rings is 2. The van der Waals surface area contributed by atoms with Crippen LogP contribution in [0.15, 0.2) is 92.5 Å². The zero-order valence-electron chi connectivity index (χ0n) is 27.9. The first-order chi connectivity index (χ1) is 24.1. The van der Waals surface area contributed by atoms with Crippen LogP contribution in [0.1, 0.15) is 44.5 Å². The first-order valence-electron chi connectivity index (χ1n) is 16.6. The molecule has 258 valence electrons. The summed E-state index contributed by atoms with van der Waals surface area (Å²) in [6.45, 7) is 6.81. The topological polar surface area (TPSA) is 109 Å². The summed E-state index contributed by atoms with van der Waals surface area (Å²) in [5.74, 6) is 0. The molecule has 0 saturated heterocycles. The number of thioether (sulfide) groups is 1. The molecule has 1 aliphatic heterocycles. The van der Waals surface area contributed by atoms with Gasteiger partial charge in [0.25, 0.3) is 5.01 Å². The molecular formula is C38H38N4O4S4. The lowest BCUT2D eigenvalue weighted by molar-refractivity contribution is -0.668. The number of nitrogens with zero attached hydrogens (tertiary/aromatic N) is 2. The molecule has 0 spiro atoms. The number of rotatable bonds is 11. The third-order valence-corrected chi connectivity index (χ3v) is 12.8. The second-order valence-corrected chi connectivity index (χ2v) is 17.4. The van der Waals surface area contributed by atoms with Crippen LogP contribution < -0.4 is 25.2 Å². The van der Waals surface area contributed by atoms with Gasteiger partial charge in [0.15, 0.2) is 6.54 Å². The molecule has 0 radical (unpaired) electrons. The maximum atomic E-state index is 11.0. The Balaban J connectivity index is 1.16. The number of hydrogen-bond donors (Lipinski definition) is 3. The molecule has 0 saturated carbocycles. The highest BCUT2D eigenvalue weighted by Gasteiger charge is 2.29. The first-order valence-corrected chi connectivity index (χ1v) is 20.0. The Kier molecular flexibility index (Phi) is 10.1. The second-order valence-electron chi connectivity index (χ2n) is 13.4. The molecule has 0 fully saturated rings. The summed E-state index contributed by atoms with van der Waals surface area (Å²) in [6, 6.07) is 13.4. The number of carboxylic acid groups (broad SMARTS) is 2. The van der Waals surface area contributed by atoms with Crippen molar-refractivity contribution in [3.8, 4) is 0 Å². The highest BCUT2D eigenvalue weighted by molar-refractivity contribution is 8.03. The Hall–Kier alpha value is -4.10. The van der Waals surface area contributed by atoms with Gasteiger partial charge in [-0.2, -0.15) is 4.57 Å². The molecule has 2 aromatic carbocycles. The van der Waals surface area contributed by atoms with Gasteiger partial charge in [-0.1, -0.05) is 55.2 Å². The number of aryl methyl sites for hydroxylation is 1. The Morgan fingerprint density at radius 1 is 1.00 bits per heavy atom. The largest absolute Gasteiger partial charge is 0.530 e. The van der Waals surface area contributed by atoms with Crippen LogP contribution in [-0.4, -0.2) is 36.9 Å². The van der Waals surface area contributed by atoms with E-state index in [1.54, 1.807) is 45.8 Å². The molecule has 3 N–H and O–H groups in total. The molecule has 0 unspecified atom stereocenters. The monoisotopic (exact) mass is 742 g/mol. The van der Waals surface area contributed by atoms with Crippen molar-refractivity contribution in [2.45, 2.75) is 51.0 Å². The van der Waals surface area contributed by atoms with E-state index in [0.29, 0.717) is 32.5 Å². The number of anilines is 1. The molecule has 8 nitrogen and oxygen atoms in total. The van der Waals surface area contributed by atoms with Gasteiger partial charge in [0.05, 0.1) is 10.7 Å². The van der Waals surface area contributed by atoms with E-state index in [1.165, 1.54) is 52.1 Å². The zero-order valence-corrected chi connectivity index (χ0v) is 31.1. The van der Waals surface area contributed by atoms with E-state index in [1.807, 2.05) is 0 Å². The minimum Gasteiger partial charge on any atom is -0.530 e. The van der Waals surface area contributed by atoms with Crippen molar-refractivity contribution in [2.75, 3.05) is 24.5 Å². The standard InChI is InChI=1S/C38H38N4O4S4/c1-38(2)22-24(6-3-7-34-41(12-4-10-39-36(43)44)28-20-30-26(8-14-47-30)18-32(28)49-34)16-25(23-38)17-35-42(13-5-11-40-37(45)46)29-21-31-27(9-15-48-31)19-33(29)50-35/h3,6-9,14-21,39-40H,4-5,10-13,22-23H2,1-2H3,(H-,43,44,45,46). The van der Waals surface area contributed by atoms with Gasteiger partial charge in [-0.05, 0) is 93.8 Å². The van der Waals surface area contributed by atoms with Gasteiger partial charge in [0, 0.05) is 52.5 Å². The van der Waals surface area contributed by atoms with Crippen molar-refractivity contribution >= 4 is 100 Å². The first kappa shape index (κ1) is 34.4. The third-order valence-electron chi connectivity index (χ3n) is 8.87. The molecule has 4 heterocycles. The Labute approximate surface area is 307 Å². The minimum absolute atomic E-state index is 0.0865. The number of nitrogens with one attached hydrogen (secondary N) is 2. The molecule has 1 aliphatic carbocycles. The molecule has 50 heavy (non-hydrogen) atoms. The van der Waals surface area contributed by atoms with E-state index in [9.17, 15) is 14.7 Å². The lowest BCUT2D eigenvalue weighted by Gasteiger charge is -2.31. The summed E-state index contributed by atoms with van der Waals surface area (Å²) in [5.41, 5.74) is 4.99. The van der Waals surface area contributed by atoms with Gasteiger partial charge in [-0.25, -0.2) is 4.79 Å². The molecule has 5 aromatic rings. The number of aromatic nitrogens is 1. The van der Waals surface area contributed by atoms with Crippen LogP contribution in [0.4, 0.5) is 15.3 Å². The molecule has 3 aromatic heterocycles. The fourth-order valence-electron chi connectivity index (χ4n) is 6.79. The molecule has 0 atom stereocenters. The number of thiophene rings is 2. The molecular weight excluding hydrogens is 705 g/mol. The molecule has 2 amide bonds.